The molecule has 12 nitrogen and oxygen atoms in total. The molecule has 8 bridgehead atoms. The third-order valence-electron chi connectivity index (χ3n) is 9.89. The van der Waals surface area contributed by atoms with Crippen LogP contribution in [0, 0.1) is 32.6 Å². The van der Waals surface area contributed by atoms with Gasteiger partial charge in [0, 0.05) is 68.6 Å². The molecule has 5 heterocycles. The molecule has 1 saturated heterocycles. The van der Waals surface area contributed by atoms with E-state index in [2.05, 4.69) is 39.1 Å². The fourth-order valence-corrected chi connectivity index (χ4v) is 7.09. The van der Waals surface area contributed by atoms with E-state index in [4.69, 9.17) is 0 Å². The number of allylic oxidation sites excluding steroid dienone is 2. The fourth-order valence-electron chi connectivity index (χ4n) is 7.09. The molecule has 0 unspecified atom stereocenters. The summed E-state index contributed by atoms with van der Waals surface area (Å²) < 4.78 is 0. The summed E-state index contributed by atoms with van der Waals surface area (Å²) >= 11 is 0. The number of carbonyl (C=O) groups excluding carboxylic acids is 1. The topological polar surface area (TPSA) is 200 Å². The van der Waals surface area contributed by atoms with Gasteiger partial charge in [0.2, 0.25) is 5.91 Å². The number of aromatic amines is 3. The van der Waals surface area contributed by atoms with Gasteiger partial charge in [0.25, 0.3) is 0 Å². The molecule has 0 aromatic carbocycles. The Kier molecular flexibility index (Phi) is 9.62. The Morgan fingerprint density at radius 2 is 1.61 bits per heavy atom. The van der Waals surface area contributed by atoms with Crippen LogP contribution in [-0.2, 0) is 20.8 Å². The van der Waals surface area contributed by atoms with Crippen molar-refractivity contribution in [3.8, 4) is 0 Å². The van der Waals surface area contributed by atoms with Crippen LogP contribution in [0.1, 0.15) is 101 Å². The minimum absolute atomic E-state index is 0.0324. The monoisotopic (exact) mass is 669 g/mol. The molecule has 0 spiro atoms. The number of hydrogen-bond donors (Lipinski definition) is 8. The quantitative estimate of drug-likeness (QED) is 0.159. The molecule has 12 heteroatoms. The van der Waals surface area contributed by atoms with Crippen LogP contribution in [0.15, 0.2) is 18.0 Å². The van der Waals surface area contributed by atoms with Gasteiger partial charge in [-0.3, -0.25) is 14.4 Å². The normalized spacial score (nSPS) is 17.4. The van der Waals surface area contributed by atoms with Crippen LogP contribution in [0.3, 0.4) is 0 Å². The minimum atomic E-state index is -1.20. The lowest BCUT2D eigenvalue weighted by Crippen LogP contribution is -2.38. The Balaban J connectivity index is 1.84. The predicted molar refractivity (Wildman–Crippen MR) is 187 cm³/mol. The number of carboxylic acid groups (broad SMARTS) is 3. The number of aliphatic carboxylic acids is 2. The molecular formula is C37H43N5O7. The lowest BCUT2D eigenvalue weighted by molar-refractivity contribution is -0.141. The maximum atomic E-state index is 12.8. The number of aromatic carboxylic acids is 1. The molecule has 49 heavy (non-hydrogen) atoms. The molecule has 1 fully saturated rings. The predicted octanol–water partition coefficient (Wildman–Crippen LogP) is 3.92. The summed E-state index contributed by atoms with van der Waals surface area (Å²) in [6.07, 6.45) is 8.11. The highest BCUT2D eigenvalue weighted by atomic mass is 16.4. The molecule has 1 amide bonds. The first kappa shape index (κ1) is 34.8. The van der Waals surface area contributed by atoms with E-state index in [0.717, 1.165) is 50.0 Å². The van der Waals surface area contributed by atoms with Gasteiger partial charge in [0.15, 0.2) is 0 Å². The maximum absolute atomic E-state index is 12.8. The number of hydrogen-bond acceptors (Lipinski definition) is 5. The van der Waals surface area contributed by atoms with E-state index in [0.29, 0.717) is 23.4 Å². The van der Waals surface area contributed by atoms with Crippen molar-refractivity contribution >= 4 is 53.7 Å². The summed E-state index contributed by atoms with van der Waals surface area (Å²) in [5.41, 5.74) is 8.29. The molecule has 8 N–H and O–H groups in total. The zero-order valence-corrected chi connectivity index (χ0v) is 28.6. The maximum Gasteiger partial charge on any atom is 0.338 e. The van der Waals surface area contributed by atoms with Gasteiger partial charge in [0.05, 0.1) is 17.7 Å². The van der Waals surface area contributed by atoms with E-state index < -0.39 is 42.2 Å². The SMILES string of the molecule is C=Cc1c2[nH]c(c1C)C=C1NC(=C(CC(=O)O)c3[nH]c(c(C)c3C(=O)O)C=c3[nH]c(c(C)c3CC)=C2)[C@@H](CCC(=O)N[C@@H](C)C(=O)O)[C@@H]1C. The number of nitrogens with one attached hydrogen (secondary N) is 5. The molecule has 5 rings (SSSR count). The zero-order valence-electron chi connectivity index (χ0n) is 28.6. The van der Waals surface area contributed by atoms with Gasteiger partial charge in [0.1, 0.15) is 6.04 Å². The van der Waals surface area contributed by atoms with Gasteiger partial charge >= 0.3 is 17.9 Å². The Labute approximate surface area is 283 Å². The molecule has 3 aromatic rings. The standard InChI is InChI=1S/C37H43N5O7/c1-8-21-16(3)25-13-27-18(5)23(10-11-31(43)38-20(7)36(46)47)34(41-27)24(12-32(44)45)35-33(37(48)49)19(6)28(42-35)15-30-22(9-2)17(4)26(40-30)14-29(21)39-25/h8,13-15,18,20,23,39-42H,1,9-12H2,2-7H3,(H,38,43)(H,44,45)(H,46,47)(H,48,49)/t18-,20-,23-/m0/s1. The van der Waals surface area contributed by atoms with E-state index in [9.17, 15) is 34.5 Å². The van der Waals surface area contributed by atoms with Crippen molar-refractivity contribution in [1.82, 2.24) is 25.6 Å². The van der Waals surface area contributed by atoms with Gasteiger partial charge in [-0.05, 0) is 81.0 Å². The van der Waals surface area contributed by atoms with Crippen molar-refractivity contribution in [2.24, 2.45) is 11.8 Å². The van der Waals surface area contributed by atoms with Crippen molar-refractivity contribution in [2.75, 3.05) is 0 Å². The Morgan fingerprint density at radius 3 is 2.22 bits per heavy atom. The lowest BCUT2D eigenvalue weighted by Gasteiger charge is -2.19. The minimum Gasteiger partial charge on any atom is -0.481 e. The third kappa shape index (κ3) is 6.50. The second-order valence-corrected chi connectivity index (χ2v) is 12.9. The van der Waals surface area contributed by atoms with Gasteiger partial charge in [-0.1, -0.05) is 26.5 Å². The first-order valence-corrected chi connectivity index (χ1v) is 16.3. The van der Waals surface area contributed by atoms with Crippen molar-refractivity contribution in [3.63, 3.8) is 0 Å². The van der Waals surface area contributed by atoms with Crippen molar-refractivity contribution in [3.05, 3.63) is 84.8 Å². The van der Waals surface area contributed by atoms with Crippen LogP contribution in [0.25, 0.3) is 29.9 Å². The van der Waals surface area contributed by atoms with E-state index >= 15 is 0 Å². The molecule has 3 atom stereocenters. The van der Waals surface area contributed by atoms with Gasteiger partial charge in [-0.2, -0.15) is 0 Å². The number of amides is 1. The van der Waals surface area contributed by atoms with E-state index in [-0.39, 0.29) is 35.6 Å². The van der Waals surface area contributed by atoms with E-state index in [1.165, 1.54) is 6.92 Å². The number of fused-ring (bicyclic) bond motifs is 8. The Morgan fingerprint density at radius 1 is 0.939 bits per heavy atom. The number of carboxylic acids is 3. The Hall–Kier alpha value is -5.52. The largest absolute Gasteiger partial charge is 0.481 e. The van der Waals surface area contributed by atoms with Crippen LogP contribution in [0.5, 0.6) is 0 Å². The summed E-state index contributed by atoms with van der Waals surface area (Å²) in [5.74, 6) is -4.66. The van der Waals surface area contributed by atoms with Crippen LogP contribution >= 0.6 is 0 Å². The van der Waals surface area contributed by atoms with Gasteiger partial charge in [-0.15, -0.1) is 0 Å². The first-order chi connectivity index (χ1) is 23.2. The van der Waals surface area contributed by atoms with E-state index in [1.54, 1.807) is 13.0 Å². The number of rotatable bonds is 10. The van der Waals surface area contributed by atoms with Crippen molar-refractivity contribution in [1.29, 1.82) is 0 Å². The average molecular weight is 670 g/mol. The molecule has 0 aliphatic carbocycles. The highest BCUT2D eigenvalue weighted by Gasteiger charge is 2.37. The number of H-pyrrole nitrogens is 3. The zero-order chi connectivity index (χ0) is 35.9. The second kappa shape index (κ2) is 13.5. The molecule has 0 radical (unpaired) electrons. The van der Waals surface area contributed by atoms with Crippen LogP contribution < -0.4 is 21.3 Å². The van der Waals surface area contributed by atoms with Crippen LogP contribution in [0.4, 0.5) is 0 Å². The van der Waals surface area contributed by atoms with Crippen molar-refractivity contribution in [2.45, 2.75) is 73.3 Å². The van der Waals surface area contributed by atoms with E-state index in [1.807, 2.05) is 39.0 Å². The number of carbonyl (C=O) groups is 4. The second-order valence-electron chi connectivity index (χ2n) is 12.9. The van der Waals surface area contributed by atoms with Crippen LogP contribution in [0.2, 0.25) is 0 Å². The highest BCUT2D eigenvalue weighted by molar-refractivity contribution is 5.99. The summed E-state index contributed by atoms with van der Waals surface area (Å²) in [5, 5.41) is 37.5. The first-order valence-electron chi connectivity index (χ1n) is 16.3. The average Bonchev–Trinajstić information content (AvgIpc) is 3.71. The Bertz CT molecular complexity index is 2090. The molecule has 258 valence electrons. The summed E-state index contributed by atoms with van der Waals surface area (Å²) in [7, 11) is 0. The van der Waals surface area contributed by atoms with Gasteiger partial charge in [-0.25, -0.2) is 4.79 Å². The summed E-state index contributed by atoms with van der Waals surface area (Å²) in [6.45, 7) is 15.2. The molecule has 2 aliphatic rings. The fraction of sp³-hybridized carbons (Fsp3) is 0.351. The highest BCUT2D eigenvalue weighted by Crippen LogP contribution is 2.43. The molecule has 3 aromatic heterocycles. The summed E-state index contributed by atoms with van der Waals surface area (Å²) in [4.78, 5) is 59.8. The molecular weight excluding hydrogens is 626 g/mol. The van der Waals surface area contributed by atoms with Gasteiger partial charge < -0.3 is 40.9 Å². The molecule has 2 aliphatic heterocycles. The number of aromatic nitrogens is 3. The third-order valence-corrected chi connectivity index (χ3v) is 9.89. The smallest absolute Gasteiger partial charge is 0.338 e. The summed E-state index contributed by atoms with van der Waals surface area (Å²) in [6, 6.07) is -1.08. The molecule has 0 saturated carbocycles. The van der Waals surface area contributed by atoms with Crippen molar-refractivity contribution < 1.29 is 34.5 Å². The van der Waals surface area contributed by atoms with Crippen LogP contribution in [-0.4, -0.2) is 60.1 Å². The lowest BCUT2D eigenvalue weighted by atomic mass is 9.85.